The van der Waals surface area contributed by atoms with Crippen LogP contribution in [0.5, 0.6) is 0 Å². The summed E-state index contributed by atoms with van der Waals surface area (Å²) in [5.41, 5.74) is 0.617. The second-order valence-corrected chi connectivity index (χ2v) is 3.27. The minimum atomic E-state index is -0.0459. The van der Waals surface area contributed by atoms with Gasteiger partial charge in [0.05, 0.1) is 5.56 Å². The highest BCUT2D eigenvalue weighted by atomic mass is 16.1. The molecule has 1 aromatic rings. The van der Waals surface area contributed by atoms with Crippen LogP contribution in [-0.2, 0) is 6.42 Å². The zero-order valence-electron chi connectivity index (χ0n) is 8.98. The standard InChI is InChI=1S/C10H17N3O/c1-4-6-11-9-7(3)10(14)13-8(5-2)12-9/h4-6H2,1-3H3,(H2,11,12,13,14). The van der Waals surface area contributed by atoms with Crippen molar-refractivity contribution in [3.05, 3.63) is 21.7 Å². The Morgan fingerprint density at radius 3 is 2.71 bits per heavy atom. The van der Waals surface area contributed by atoms with Crippen LogP contribution in [-0.4, -0.2) is 16.5 Å². The number of nitrogens with one attached hydrogen (secondary N) is 2. The van der Waals surface area contributed by atoms with Gasteiger partial charge in [-0.15, -0.1) is 0 Å². The van der Waals surface area contributed by atoms with Gasteiger partial charge in [-0.25, -0.2) is 4.98 Å². The molecule has 0 amide bonds. The average Bonchev–Trinajstić information content (AvgIpc) is 2.20. The molecule has 14 heavy (non-hydrogen) atoms. The number of aromatic amines is 1. The lowest BCUT2D eigenvalue weighted by atomic mass is 10.3. The molecule has 0 saturated carbocycles. The number of hydrogen-bond acceptors (Lipinski definition) is 3. The molecule has 4 nitrogen and oxygen atoms in total. The second kappa shape index (κ2) is 4.79. The monoisotopic (exact) mass is 195 g/mol. The molecule has 2 N–H and O–H groups in total. The first-order valence-corrected chi connectivity index (χ1v) is 5.02. The number of H-pyrrole nitrogens is 1. The van der Waals surface area contributed by atoms with Gasteiger partial charge < -0.3 is 10.3 Å². The Hall–Kier alpha value is -1.32. The molecule has 0 aromatic carbocycles. The molecule has 0 aliphatic rings. The minimum absolute atomic E-state index is 0.0459. The number of rotatable bonds is 4. The van der Waals surface area contributed by atoms with Gasteiger partial charge in [-0.3, -0.25) is 4.79 Å². The molecule has 78 valence electrons. The van der Waals surface area contributed by atoms with Crippen LogP contribution in [0.25, 0.3) is 0 Å². The van der Waals surface area contributed by atoms with Gasteiger partial charge in [0.2, 0.25) is 0 Å². The van der Waals surface area contributed by atoms with E-state index in [0.717, 1.165) is 25.2 Å². The molecule has 0 bridgehead atoms. The van der Waals surface area contributed by atoms with Crippen molar-refractivity contribution in [1.82, 2.24) is 9.97 Å². The van der Waals surface area contributed by atoms with Gasteiger partial charge in [-0.2, -0.15) is 0 Å². The van der Waals surface area contributed by atoms with Crippen molar-refractivity contribution in [2.75, 3.05) is 11.9 Å². The summed E-state index contributed by atoms with van der Waals surface area (Å²) in [4.78, 5) is 18.5. The number of aromatic nitrogens is 2. The smallest absolute Gasteiger partial charge is 0.255 e. The zero-order valence-corrected chi connectivity index (χ0v) is 8.98. The fraction of sp³-hybridized carbons (Fsp3) is 0.600. The molecule has 4 heteroatoms. The number of anilines is 1. The molecule has 0 atom stereocenters. The third-order valence-corrected chi connectivity index (χ3v) is 2.08. The Labute approximate surface area is 83.8 Å². The first-order valence-electron chi connectivity index (χ1n) is 5.02. The Morgan fingerprint density at radius 1 is 1.43 bits per heavy atom. The first-order chi connectivity index (χ1) is 6.69. The molecule has 1 aromatic heterocycles. The molecular formula is C10H17N3O. The van der Waals surface area contributed by atoms with Gasteiger partial charge >= 0.3 is 0 Å². The maximum absolute atomic E-state index is 11.4. The zero-order chi connectivity index (χ0) is 10.6. The topological polar surface area (TPSA) is 57.8 Å². The van der Waals surface area contributed by atoms with Crippen molar-refractivity contribution in [3.8, 4) is 0 Å². The van der Waals surface area contributed by atoms with Crippen LogP contribution in [0.2, 0.25) is 0 Å². The van der Waals surface area contributed by atoms with Crippen LogP contribution in [0.4, 0.5) is 5.82 Å². The van der Waals surface area contributed by atoms with E-state index in [-0.39, 0.29) is 5.56 Å². The third-order valence-electron chi connectivity index (χ3n) is 2.08. The molecule has 0 radical (unpaired) electrons. The van der Waals surface area contributed by atoms with Crippen LogP contribution >= 0.6 is 0 Å². The summed E-state index contributed by atoms with van der Waals surface area (Å²) >= 11 is 0. The number of hydrogen-bond donors (Lipinski definition) is 2. The number of nitrogens with zero attached hydrogens (tertiary/aromatic N) is 1. The first kappa shape index (κ1) is 10.8. The summed E-state index contributed by atoms with van der Waals surface area (Å²) in [5, 5.41) is 3.15. The predicted molar refractivity (Wildman–Crippen MR) is 57.8 cm³/mol. The van der Waals surface area contributed by atoms with Crippen LogP contribution < -0.4 is 10.9 Å². The summed E-state index contributed by atoms with van der Waals surface area (Å²) in [6.07, 6.45) is 1.77. The SMILES string of the molecule is CCCNc1nc(CC)[nH]c(=O)c1C. The highest BCUT2D eigenvalue weighted by Crippen LogP contribution is 2.06. The molecule has 0 aliphatic carbocycles. The summed E-state index contributed by atoms with van der Waals surface area (Å²) in [5.74, 6) is 1.45. The molecular weight excluding hydrogens is 178 g/mol. The van der Waals surface area contributed by atoms with E-state index in [1.807, 2.05) is 6.92 Å². The molecule has 0 unspecified atom stereocenters. The highest BCUT2D eigenvalue weighted by Gasteiger charge is 2.04. The van der Waals surface area contributed by atoms with Crippen LogP contribution in [0.1, 0.15) is 31.7 Å². The molecule has 1 heterocycles. The van der Waals surface area contributed by atoms with Crippen LogP contribution in [0.15, 0.2) is 4.79 Å². The lowest BCUT2D eigenvalue weighted by Crippen LogP contribution is -2.18. The summed E-state index contributed by atoms with van der Waals surface area (Å²) in [7, 11) is 0. The Morgan fingerprint density at radius 2 is 2.14 bits per heavy atom. The van der Waals surface area contributed by atoms with E-state index < -0.39 is 0 Å². The van der Waals surface area contributed by atoms with Crippen LogP contribution in [0, 0.1) is 6.92 Å². The van der Waals surface area contributed by atoms with E-state index in [2.05, 4.69) is 22.2 Å². The van der Waals surface area contributed by atoms with Crippen molar-refractivity contribution in [2.45, 2.75) is 33.6 Å². The normalized spacial score (nSPS) is 10.2. The second-order valence-electron chi connectivity index (χ2n) is 3.27. The summed E-state index contributed by atoms with van der Waals surface area (Å²) in [6, 6.07) is 0. The fourth-order valence-corrected chi connectivity index (χ4v) is 1.16. The van der Waals surface area contributed by atoms with Crippen molar-refractivity contribution in [2.24, 2.45) is 0 Å². The minimum Gasteiger partial charge on any atom is -0.370 e. The van der Waals surface area contributed by atoms with E-state index in [0.29, 0.717) is 11.4 Å². The predicted octanol–water partition coefficient (Wildman–Crippen LogP) is 1.46. The average molecular weight is 195 g/mol. The molecule has 0 saturated heterocycles. The van der Waals surface area contributed by atoms with Crippen molar-refractivity contribution in [1.29, 1.82) is 0 Å². The van der Waals surface area contributed by atoms with Gasteiger partial charge in [0.25, 0.3) is 5.56 Å². The summed E-state index contributed by atoms with van der Waals surface area (Å²) < 4.78 is 0. The van der Waals surface area contributed by atoms with E-state index >= 15 is 0 Å². The fourth-order valence-electron chi connectivity index (χ4n) is 1.16. The van der Waals surface area contributed by atoms with Gasteiger partial charge in [-0.1, -0.05) is 13.8 Å². The Balaban J connectivity index is 3.01. The van der Waals surface area contributed by atoms with Crippen molar-refractivity contribution >= 4 is 5.82 Å². The quantitative estimate of drug-likeness (QED) is 0.764. The maximum atomic E-state index is 11.4. The van der Waals surface area contributed by atoms with E-state index in [4.69, 9.17) is 0 Å². The third kappa shape index (κ3) is 2.34. The molecule has 0 fully saturated rings. The Kier molecular flexibility index (Phi) is 3.68. The van der Waals surface area contributed by atoms with E-state index in [1.165, 1.54) is 0 Å². The van der Waals surface area contributed by atoms with E-state index in [9.17, 15) is 4.79 Å². The van der Waals surface area contributed by atoms with Crippen molar-refractivity contribution in [3.63, 3.8) is 0 Å². The van der Waals surface area contributed by atoms with Crippen LogP contribution in [0.3, 0.4) is 0 Å². The van der Waals surface area contributed by atoms with Gasteiger partial charge in [0.15, 0.2) is 0 Å². The van der Waals surface area contributed by atoms with Gasteiger partial charge in [-0.05, 0) is 13.3 Å². The van der Waals surface area contributed by atoms with E-state index in [1.54, 1.807) is 6.92 Å². The number of aryl methyl sites for hydroxylation is 1. The Bertz CT molecular complexity index is 357. The highest BCUT2D eigenvalue weighted by molar-refractivity contribution is 5.41. The molecule has 0 spiro atoms. The van der Waals surface area contributed by atoms with Gasteiger partial charge in [0.1, 0.15) is 11.6 Å². The van der Waals surface area contributed by atoms with Gasteiger partial charge in [0, 0.05) is 13.0 Å². The summed E-state index contributed by atoms with van der Waals surface area (Å²) in [6.45, 7) is 6.68. The lowest BCUT2D eigenvalue weighted by Gasteiger charge is -2.07. The lowest BCUT2D eigenvalue weighted by molar-refractivity contribution is 0.891. The molecule has 0 aliphatic heterocycles. The largest absolute Gasteiger partial charge is 0.370 e. The maximum Gasteiger partial charge on any atom is 0.255 e. The van der Waals surface area contributed by atoms with Crippen molar-refractivity contribution < 1.29 is 0 Å². The molecule has 1 rings (SSSR count).